The monoisotopic (exact) mass is 453 g/mol. The summed E-state index contributed by atoms with van der Waals surface area (Å²) >= 11 is 0. The summed E-state index contributed by atoms with van der Waals surface area (Å²) < 4.78 is 5.13. The summed E-state index contributed by atoms with van der Waals surface area (Å²) in [6.07, 6.45) is 7.15. The first-order chi connectivity index (χ1) is 15.0. The SMILES string of the molecule is CCCCCCC[C@@H]1C[C@]1(NC(=O)[C@@H]1CCCN1C(=O)CNC(=O)OC(C)(C)C)C(=O)O. The zero-order valence-corrected chi connectivity index (χ0v) is 19.9. The second kappa shape index (κ2) is 11.0. The molecule has 3 N–H and O–H groups in total. The number of ether oxygens (including phenoxy) is 1. The van der Waals surface area contributed by atoms with E-state index in [1.54, 1.807) is 20.8 Å². The lowest BCUT2D eigenvalue weighted by molar-refractivity contribution is -0.145. The maximum absolute atomic E-state index is 12.9. The lowest BCUT2D eigenvalue weighted by Crippen LogP contribution is -2.54. The summed E-state index contributed by atoms with van der Waals surface area (Å²) in [6.45, 7) is 7.45. The largest absolute Gasteiger partial charge is 0.479 e. The average molecular weight is 454 g/mol. The molecular formula is C23H39N3O6. The molecule has 1 aliphatic carbocycles. The minimum absolute atomic E-state index is 0.0648. The summed E-state index contributed by atoms with van der Waals surface area (Å²) in [7, 11) is 0. The Hall–Kier alpha value is -2.32. The van der Waals surface area contributed by atoms with Gasteiger partial charge in [0.25, 0.3) is 0 Å². The number of rotatable bonds is 11. The van der Waals surface area contributed by atoms with Crippen LogP contribution in [0.15, 0.2) is 0 Å². The molecule has 0 unspecified atom stereocenters. The lowest BCUT2D eigenvalue weighted by atomic mass is 10.0. The number of hydrogen-bond acceptors (Lipinski definition) is 5. The fraction of sp³-hybridized carbons (Fsp3) is 0.826. The Balaban J connectivity index is 1.87. The maximum atomic E-state index is 12.9. The minimum atomic E-state index is -1.21. The van der Waals surface area contributed by atoms with E-state index in [-0.39, 0.29) is 18.4 Å². The Morgan fingerprint density at radius 2 is 1.81 bits per heavy atom. The Labute approximate surface area is 190 Å². The molecule has 182 valence electrons. The van der Waals surface area contributed by atoms with E-state index in [1.807, 2.05) is 0 Å². The first-order valence-electron chi connectivity index (χ1n) is 11.8. The van der Waals surface area contributed by atoms with Crippen molar-refractivity contribution >= 4 is 23.9 Å². The first kappa shape index (κ1) is 25.9. The third-order valence-electron chi connectivity index (χ3n) is 6.15. The van der Waals surface area contributed by atoms with Gasteiger partial charge in [-0.05, 0) is 52.4 Å². The molecule has 2 fully saturated rings. The Morgan fingerprint density at radius 1 is 1.12 bits per heavy atom. The van der Waals surface area contributed by atoms with Crippen molar-refractivity contribution in [3.63, 3.8) is 0 Å². The Bertz CT molecular complexity index is 704. The fourth-order valence-electron chi connectivity index (χ4n) is 4.35. The molecule has 0 spiro atoms. The number of nitrogens with zero attached hydrogens (tertiary/aromatic N) is 1. The summed E-state index contributed by atoms with van der Waals surface area (Å²) in [5.41, 5.74) is -1.89. The Kier molecular flexibility index (Phi) is 8.92. The molecule has 0 aromatic heterocycles. The van der Waals surface area contributed by atoms with Crippen LogP contribution in [0.3, 0.4) is 0 Å². The highest BCUT2D eigenvalue weighted by atomic mass is 16.6. The van der Waals surface area contributed by atoms with Crippen molar-refractivity contribution in [2.75, 3.05) is 13.1 Å². The maximum Gasteiger partial charge on any atom is 0.408 e. The Morgan fingerprint density at radius 3 is 2.44 bits per heavy atom. The van der Waals surface area contributed by atoms with Gasteiger partial charge in [-0.25, -0.2) is 9.59 Å². The molecule has 1 aliphatic heterocycles. The molecule has 1 saturated heterocycles. The lowest BCUT2D eigenvalue weighted by Gasteiger charge is -2.26. The van der Waals surface area contributed by atoms with Gasteiger partial charge in [-0.15, -0.1) is 0 Å². The number of likely N-dealkylation sites (tertiary alicyclic amines) is 1. The number of carbonyl (C=O) groups excluding carboxylic acids is 3. The minimum Gasteiger partial charge on any atom is -0.479 e. The van der Waals surface area contributed by atoms with Crippen molar-refractivity contribution in [2.24, 2.45) is 5.92 Å². The highest BCUT2D eigenvalue weighted by Crippen LogP contribution is 2.47. The predicted molar refractivity (Wildman–Crippen MR) is 119 cm³/mol. The van der Waals surface area contributed by atoms with Gasteiger partial charge in [0.2, 0.25) is 11.8 Å². The van der Waals surface area contributed by atoms with Gasteiger partial charge in [0.15, 0.2) is 0 Å². The smallest absolute Gasteiger partial charge is 0.408 e. The molecule has 9 heteroatoms. The molecule has 0 bridgehead atoms. The van der Waals surface area contributed by atoms with Crippen LogP contribution in [0.2, 0.25) is 0 Å². The molecule has 3 amide bonds. The average Bonchev–Trinajstić information content (AvgIpc) is 3.17. The van der Waals surface area contributed by atoms with Crippen LogP contribution < -0.4 is 10.6 Å². The zero-order valence-electron chi connectivity index (χ0n) is 19.9. The second-order valence-electron chi connectivity index (χ2n) is 9.97. The van der Waals surface area contributed by atoms with Crippen molar-refractivity contribution in [1.82, 2.24) is 15.5 Å². The van der Waals surface area contributed by atoms with Gasteiger partial charge < -0.3 is 25.4 Å². The van der Waals surface area contributed by atoms with Crippen LogP contribution in [-0.2, 0) is 19.1 Å². The molecular weight excluding hydrogens is 414 g/mol. The number of carboxylic acid groups (broad SMARTS) is 1. The number of aliphatic carboxylic acids is 1. The number of alkyl carbamates (subject to hydrolysis) is 1. The molecule has 3 atom stereocenters. The van der Waals surface area contributed by atoms with E-state index in [1.165, 1.54) is 11.3 Å². The zero-order chi connectivity index (χ0) is 23.9. The van der Waals surface area contributed by atoms with Gasteiger partial charge in [-0.2, -0.15) is 0 Å². The molecule has 2 rings (SSSR count). The summed E-state index contributed by atoms with van der Waals surface area (Å²) in [5.74, 6) is -1.89. The van der Waals surface area contributed by atoms with Gasteiger partial charge in [0.05, 0.1) is 0 Å². The van der Waals surface area contributed by atoms with Crippen LogP contribution in [-0.4, -0.2) is 64.2 Å². The fourth-order valence-corrected chi connectivity index (χ4v) is 4.35. The summed E-state index contributed by atoms with van der Waals surface area (Å²) in [6, 6.07) is -0.718. The van der Waals surface area contributed by atoms with Crippen LogP contribution in [0, 0.1) is 5.92 Å². The van der Waals surface area contributed by atoms with Crippen LogP contribution >= 0.6 is 0 Å². The third kappa shape index (κ3) is 7.10. The van der Waals surface area contributed by atoms with Gasteiger partial charge in [0.1, 0.15) is 23.7 Å². The number of unbranched alkanes of at least 4 members (excludes halogenated alkanes) is 4. The van der Waals surface area contributed by atoms with Gasteiger partial charge in [0, 0.05) is 6.54 Å². The van der Waals surface area contributed by atoms with Crippen molar-refractivity contribution in [3.8, 4) is 0 Å². The molecule has 1 saturated carbocycles. The van der Waals surface area contributed by atoms with E-state index in [4.69, 9.17) is 4.74 Å². The van der Waals surface area contributed by atoms with Crippen molar-refractivity contribution in [3.05, 3.63) is 0 Å². The van der Waals surface area contributed by atoms with Gasteiger partial charge in [-0.3, -0.25) is 9.59 Å². The van der Waals surface area contributed by atoms with Gasteiger partial charge >= 0.3 is 12.1 Å². The highest BCUT2D eigenvalue weighted by molar-refractivity contribution is 5.95. The van der Waals surface area contributed by atoms with E-state index in [0.29, 0.717) is 25.8 Å². The number of hydrogen-bond donors (Lipinski definition) is 3. The summed E-state index contributed by atoms with van der Waals surface area (Å²) in [4.78, 5) is 50.7. The van der Waals surface area contributed by atoms with Crippen molar-refractivity contribution < 1.29 is 29.0 Å². The molecule has 0 radical (unpaired) electrons. The molecule has 32 heavy (non-hydrogen) atoms. The highest BCUT2D eigenvalue weighted by Gasteiger charge is 2.61. The molecule has 1 heterocycles. The normalized spacial score (nSPS) is 24.7. The quantitative estimate of drug-likeness (QED) is 0.413. The molecule has 2 aliphatic rings. The molecule has 9 nitrogen and oxygen atoms in total. The number of carbonyl (C=O) groups is 4. The topological polar surface area (TPSA) is 125 Å². The molecule has 0 aromatic rings. The predicted octanol–water partition coefficient (Wildman–Crippen LogP) is 2.82. The van der Waals surface area contributed by atoms with Gasteiger partial charge in [-0.1, -0.05) is 39.0 Å². The van der Waals surface area contributed by atoms with Crippen LogP contribution in [0.5, 0.6) is 0 Å². The van der Waals surface area contributed by atoms with Crippen LogP contribution in [0.1, 0.15) is 85.5 Å². The van der Waals surface area contributed by atoms with E-state index in [9.17, 15) is 24.3 Å². The van der Waals surface area contributed by atoms with E-state index in [2.05, 4.69) is 17.6 Å². The third-order valence-corrected chi connectivity index (χ3v) is 6.15. The van der Waals surface area contributed by atoms with Crippen LogP contribution in [0.4, 0.5) is 4.79 Å². The first-order valence-corrected chi connectivity index (χ1v) is 11.8. The number of nitrogens with one attached hydrogen (secondary N) is 2. The van der Waals surface area contributed by atoms with Crippen molar-refractivity contribution in [2.45, 2.75) is 103 Å². The summed E-state index contributed by atoms with van der Waals surface area (Å²) in [5, 5.41) is 14.9. The second-order valence-corrected chi connectivity index (χ2v) is 9.97. The number of carboxylic acids is 1. The molecule has 0 aromatic carbocycles. The van der Waals surface area contributed by atoms with E-state index < -0.39 is 35.2 Å². The number of amides is 3. The van der Waals surface area contributed by atoms with E-state index in [0.717, 1.165) is 32.1 Å². The van der Waals surface area contributed by atoms with Crippen molar-refractivity contribution in [1.29, 1.82) is 0 Å². The standard InChI is InChI=1S/C23H39N3O6/c1-5-6-7-8-9-11-16-14-23(16,20(29)30)25-19(28)17-12-10-13-26(17)18(27)15-24-21(31)32-22(2,3)4/h16-17H,5-15H2,1-4H3,(H,24,31)(H,25,28)(H,29,30)/t16-,17+,23-/m1/s1. The van der Waals surface area contributed by atoms with E-state index >= 15 is 0 Å². The van der Waals surface area contributed by atoms with Crippen LogP contribution in [0.25, 0.3) is 0 Å².